The maximum Gasteiger partial charge on any atom is 0.347 e. The number of carbonyl (C=O) groups is 2. The first-order valence-electron chi connectivity index (χ1n) is 7.35. The molecule has 0 amide bonds. The highest BCUT2D eigenvalue weighted by Gasteiger charge is 2.19. The van der Waals surface area contributed by atoms with E-state index in [-0.39, 0.29) is 16.9 Å². The number of halogens is 1. The summed E-state index contributed by atoms with van der Waals surface area (Å²) in [6.07, 6.45) is 0. The molecule has 0 saturated carbocycles. The van der Waals surface area contributed by atoms with Crippen molar-refractivity contribution >= 4 is 27.9 Å². The normalized spacial score (nSPS) is 10.5. The minimum absolute atomic E-state index is 0.00946. The standard InChI is InChI=1S/C18H17BrO5/c1-11(2)10-23-15-8-7-12(19)9-14(15)18(22)24-16-6-4-3-5-13(16)17(20)21/h3-9,11H,10H2,1-2H3,(H,20,21). The molecule has 0 bridgehead atoms. The second-order valence-corrected chi connectivity index (χ2v) is 6.45. The average molecular weight is 393 g/mol. The fourth-order valence-electron chi connectivity index (χ4n) is 1.93. The molecule has 0 saturated heterocycles. The van der Waals surface area contributed by atoms with Crippen molar-refractivity contribution < 1.29 is 24.2 Å². The van der Waals surface area contributed by atoms with Crippen LogP contribution in [0.15, 0.2) is 46.9 Å². The molecule has 1 N–H and O–H groups in total. The van der Waals surface area contributed by atoms with E-state index < -0.39 is 11.9 Å². The van der Waals surface area contributed by atoms with Crippen molar-refractivity contribution in [2.75, 3.05) is 6.61 Å². The first-order chi connectivity index (χ1) is 11.4. The van der Waals surface area contributed by atoms with Crippen molar-refractivity contribution in [3.63, 3.8) is 0 Å². The van der Waals surface area contributed by atoms with Crippen LogP contribution in [-0.4, -0.2) is 23.7 Å². The van der Waals surface area contributed by atoms with Crippen LogP contribution < -0.4 is 9.47 Å². The zero-order chi connectivity index (χ0) is 17.7. The molecule has 0 aliphatic carbocycles. The maximum atomic E-state index is 12.5. The molecular formula is C18H17BrO5. The maximum absolute atomic E-state index is 12.5. The van der Waals surface area contributed by atoms with E-state index in [1.165, 1.54) is 12.1 Å². The van der Waals surface area contributed by atoms with Gasteiger partial charge in [-0.05, 0) is 36.2 Å². The van der Waals surface area contributed by atoms with E-state index in [4.69, 9.17) is 14.6 Å². The lowest BCUT2D eigenvalue weighted by Crippen LogP contribution is -2.14. The third-order valence-electron chi connectivity index (χ3n) is 3.05. The number of esters is 1. The lowest BCUT2D eigenvalue weighted by atomic mass is 10.2. The van der Waals surface area contributed by atoms with Gasteiger partial charge in [0.1, 0.15) is 22.6 Å². The summed E-state index contributed by atoms with van der Waals surface area (Å²) in [6, 6.07) is 11.0. The topological polar surface area (TPSA) is 72.8 Å². The third-order valence-corrected chi connectivity index (χ3v) is 3.55. The van der Waals surface area contributed by atoms with Crippen LogP contribution in [0.3, 0.4) is 0 Å². The Balaban J connectivity index is 2.29. The Morgan fingerprint density at radius 1 is 1.08 bits per heavy atom. The molecule has 6 heteroatoms. The van der Waals surface area contributed by atoms with E-state index in [1.54, 1.807) is 30.3 Å². The number of para-hydroxylation sites is 1. The summed E-state index contributed by atoms with van der Waals surface area (Å²) < 4.78 is 11.6. The van der Waals surface area contributed by atoms with Crippen LogP contribution in [0.25, 0.3) is 0 Å². The first-order valence-corrected chi connectivity index (χ1v) is 8.14. The second-order valence-electron chi connectivity index (χ2n) is 5.54. The molecule has 2 aromatic carbocycles. The molecule has 0 radical (unpaired) electrons. The van der Waals surface area contributed by atoms with Gasteiger partial charge >= 0.3 is 11.9 Å². The van der Waals surface area contributed by atoms with Gasteiger partial charge < -0.3 is 14.6 Å². The van der Waals surface area contributed by atoms with Crippen LogP contribution in [0.4, 0.5) is 0 Å². The van der Waals surface area contributed by atoms with Gasteiger partial charge in [0.05, 0.1) is 6.61 Å². The van der Waals surface area contributed by atoms with E-state index in [9.17, 15) is 9.59 Å². The molecule has 5 nitrogen and oxygen atoms in total. The van der Waals surface area contributed by atoms with E-state index in [1.807, 2.05) is 13.8 Å². The Morgan fingerprint density at radius 2 is 1.79 bits per heavy atom. The Hall–Kier alpha value is -2.34. The van der Waals surface area contributed by atoms with Gasteiger partial charge in [-0.1, -0.05) is 41.9 Å². The van der Waals surface area contributed by atoms with Crippen molar-refractivity contribution in [1.29, 1.82) is 0 Å². The second kappa shape index (κ2) is 7.97. The minimum Gasteiger partial charge on any atom is -0.492 e. The molecule has 0 aromatic heterocycles. The number of rotatable bonds is 6. The predicted octanol–water partition coefficient (Wildman–Crippen LogP) is 4.40. The summed E-state index contributed by atoms with van der Waals surface area (Å²) >= 11 is 3.31. The van der Waals surface area contributed by atoms with Crippen molar-refractivity contribution in [3.8, 4) is 11.5 Å². The molecule has 0 atom stereocenters. The van der Waals surface area contributed by atoms with Crippen molar-refractivity contribution in [2.24, 2.45) is 5.92 Å². The predicted molar refractivity (Wildman–Crippen MR) is 92.8 cm³/mol. The van der Waals surface area contributed by atoms with Gasteiger partial charge in [-0.25, -0.2) is 9.59 Å². The van der Waals surface area contributed by atoms with E-state index in [0.717, 1.165) is 0 Å². The molecule has 0 unspecified atom stereocenters. The summed E-state index contributed by atoms with van der Waals surface area (Å²) in [4.78, 5) is 23.7. The Kier molecular flexibility index (Phi) is 5.98. The zero-order valence-corrected chi connectivity index (χ0v) is 14.9. The lowest BCUT2D eigenvalue weighted by molar-refractivity contribution is 0.0680. The SMILES string of the molecule is CC(C)COc1ccc(Br)cc1C(=O)Oc1ccccc1C(=O)O. The summed E-state index contributed by atoms with van der Waals surface area (Å²) in [5.41, 5.74) is 0.149. The average Bonchev–Trinajstić information content (AvgIpc) is 2.53. The van der Waals surface area contributed by atoms with Crippen LogP contribution in [0.5, 0.6) is 11.5 Å². The highest BCUT2D eigenvalue weighted by molar-refractivity contribution is 9.10. The summed E-state index contributed by atoms with van der Waals surface area (Å²) in [7, 11) is 0. The molecular weight excluding hydrogens is 376 g/mol. The molecule has 2 rings (SSSR count). The highest BCUT2D eigenvalue weighted by Crippen LogP contribution is 2.26. The number of carboxylic acid groups (broad SMARTS) is 1. The lowest BCUT2D eigenvalue weighted by Gasteiger charge is -2.13. The summed E-state index contributed by atoms with van der Waals surface area (Å²) in [6.45, 7) is 4.45. The van der Waals surface area contributed by atoms with E-state index >= 15 is 0 Å². The molecule has 2 aromatic rings. The van der Waals surface area contributed by atoms with Gasteiger partial charge in [-0.15, -0.1) is 0 Å². The quantitative estimate of drug-likeness (QED) is 0.582. The Morgan fingerprint density at radius 3 is 2.46 bits per heavy atom. The number of hydrogen-bond acceptors (Lipinski definition) is 4. The Bertz CT molecular complexity index is 755. The fraction of sp³-hybridized carbons (Fsp3) is 0.222. The first kappa shape index (κ1) is 18.0. The van der Waals surface area contributed by atoms with E-state index in [2.05, 4.69) is 15.9 Å². The number of carbonyl (C=O) groups excluding carboxylic acids is 1. The molecule has 0 aliphatic heterocycles. The largest absolute Gasteiger partial charge is 0.492 e. The van der Waals surface area contributed by atoms with Crippen LogP contribution in [0.2, 0.25) is 0 Å². The molecule has 24 heavy (non-hydrogen) atoms. The van der Waals surface area contributed by atoms with E-state index in [0.29, 0.717) is 22.7 Å². The summed E-state index contributed by atoms with van der Waals surface area (Å²) in [5.74, 6) is -1.16. The molecule has 0 heterocycles. The van der Waals surface area contributed by atoms with Crippen LogP contribution in [0, 0.1) is 5.92 Å². The van der Waals surface area contributed by atoms with Crippen molar-refractivity contribution in [3.05, 3.63) is 58.1 Å². The van der Waals surface area contributed by atoms with Gasteiger partial charge in [-0.3, -0.25) is 0 Å². The summed E-state index contributed by atoms with van der Waals surface area (Å²) in [5, 5.41) is 9.17. The fourth-order valence-corrected chi connectivity index (χ4v) is 2.29. The minimum atomic E-state index is -1.16. The molecule has 0 fully saturated rings. The zero-order valence-electron chi connectivity index (χ0n) is 13.3. The molecule has 0 spiro atoms. The van der Waals surface area contributed by atoms with Gasteiger partial charge in [0.25, 0.3) is 0 Å². The van der Waals surface area contributed by atoms with Crippen LogP contribution in [-0.2, 0) is 0 Å². The van der Waals surface area contributed by atoms with Gasteiger partial charge in [-0.2, -0.15) is 0 Å². The van der Waals surface area contributed by atoms with Gasteiger partial charge in [0.2, 0.25) is 0 Å². The number of benzene rings is 2. The van der Waals surface area contributed by atoms with Crippen molar-refractivity contribution in [1.82, 2.24) is 0 Å². The van der Waals surface area contributed by atoms with Crippen LogP contribution in [0.1, 0.15) is 34.6 Å². The van der Waals surface area contributed by atoms with Gasteiger partial charge in [0, 0.05) is 4.47 Å². The molecule has 126 valence electrons. The number of hydrogen-bond donors (Lipinski definition) is 1. The van der Waals surface area contributed by atoms with Crippen LogP contribution >= 0.6 is 15.9 Å². The monoisotopic (exact) mass is 392 g/mol. The van der Waals surface area contributed by atoms with Crippen molar-refractivity contribution in [2.45, 2.75) is 13.8 Å². The third kappa shape index (κ3) is 4.58. The Labute approximate surface area is 148 Å². The smallest absolute Gasteiger partial charge is 0.347 e. The highest BCUT2D eigenvalue weighted by atomic mass is 79.9. The van der Waals surface area contributed by atoms with Gasteiger partial charge in [0.15, 0.2) is 0 Å². The number of aromatic carboxylic acids is 1. The number of carboxylic acids is 1. The molecule has 0 aliphatic rings. The number of ether oxygens (including phenoxy) is 2.